The van der Waals surface area contributed by atoms with Crippen LogP contribution >= 0.6 is 0 Å². The number of nitrogens with zero attached hydrogens (tertiary/aromatic N) is 3. The van der Waals surface area contributed by atoms with Crippen LogP contribution in [-0.2, 0) is 0 Å². The quantitative estimate of drug-likeness (QED) is 0.581. The summed E-state index contributed by atoms with van der Waals surface area (Å²) in [5.74, 6) is 0.133. The Bertz CT molecular complexity index is 634. The molecule has 0 spiro atoms. The minimum absolute atomic E-state index is 0.00935. The largest absolute Gasteiger partial charge is 0.493 e. The number of carbonyl (C=O) groups is 1. The van der Waals surface area contributed by atoms with Gasteiger partial charge in [-0.05, 0) is 13.0 Å². The Morgan fingerprint density at radius 2 is 2.00 bits per heavy atom. The van der Waals surface area contributed by atoms with E-state index in [1.807, 2.05) is 0 Å². The van der Waals surface area contributed by atoms with Crippen LogP contribution in [0.3, 0.4) is 0 Å². The second-order valence-electron chi connectivity index (χ2n) is 5.73. The van der Waals surface area contributed by atoms with Crippen LogP contribution in [0.2, 0.25) is 0 Å². The lowest BCUT2D eigenvalue weighted by molar-refractivity contribution is -0.385. The van der Waals surface area contributed by atoms with Crippen LogP contribution < -0.4 is 9.47 Å². The highest BCUT2D eigenvalue weighted by atomic mass is 16.6. The molecule has 1 aromatic rings. The van der Waals surface area contributed by atoms with Crippen molar-refractivity contribution in [3.63, 3.8) is 0 Å². The second-order valence-corrected chi connectivity index (χ2v) is 5.73. The number of carbonyl (C=O) groups excluding carboxylic acids is 1. The maximum Gasteiger partial charge on any atom is 0.286 e. The van der Waals surface area contributed by atoms with E-state index in [0.29, 0.717) is 5.75 Å². The van der Waals surface area contributed by atoms with Gasteiger partial charge in [0.1, 0.15) is 5.56 Å². The summed E-state index contributed by atoms with van der Waals surface area (Å²) >= 11 is 0. The molecule has 8 nitrogen and oxygen atoms in total. The van der Waals surface area contributed by atoms with Crippen molar-refractivity contribution < 1.29 is 19.2 Å². The first-order valence-corrected chi connectivity index (χ1v) is 7.82. The van der Waals surface area contributed by atoms with Crippen molar-refractivity contribution in [3.05, 3.63) is 27.8 Å². The van der Waals surface area contributed by atoms with E-state index in [1.54, 1.807) is 11.9 Å². The van der Waals surface area contributed by atoms with Gasteiger partial charge in [-0.15, -0.1) is 0 Å². The summed E-state index contributed by atoms with van der Waals surface area (Å²) in [6.45, 7) is 4.70. The highest BCUT2D eigenvalue weighted by Crippen LogP contribution is 2.35. The number of ether oxygens (including phenoxy) is 2. The lowest BCUT2D eigenvalue weighted by atomic mass is 10.1. The Labute approximate surface area is 141 Å². The van der Waals surface area contributed by atoms with E-state index in [2.05, 4.69) is 11.8 Å². The van der Waals surface area contributed by atoms with Crippen molar-refractivity contribution in [2.45, 2.75) is 19.4 Å². The van der Waals surface area contributed by atoms with Gasteiger partial charge in [0.2, 0.25) is 0 Å². The number of likely N-dealkylation sites (N-methyl/N-ethyl adjacent to an activating group) is 2. The number of methoxy groups -OCH3 is 2. The van der Waals surface area contributed by atoms with Crippen LogP contribution in [0, 0.1) is 10.1 Å². The third-order valence-electron chi connectivity index (χ3n) is 4.49. The first kappa shape index (κ1) is 18.0. The molecule has 1 fully saturated rings. The standard InChI is InChI=1S/C16H23N3O5/c1-5-18-7-6-11(10-18)17(2)16(20)12-8-14(23-3)15(24-4)9-13(12)19(21)22/h8-9,11H,5-7,10H2,1-4H3. The van der Waals surface area contributed by atoms with Crippen molar-refractivity contribution in [1.29, 1.82) is 0 Å². The molecule has 2 rings (SSSR count). The Kier molecular flexibility index (Phi) is 5.61. The van der Waals surface area contributed by atoms with Crippen LogP contribution in [0.1, 0.15) is 23.7 Å². The first-order chi connectivity index (χ1) is 11.4. The minimum atomic E-state index is -0.573. The highest BCUT2D eigenvalue weighted by molar-refractivity contribution is 5.99. The molecular formula is C16H23N3O5. The minimum Gasteiger partial charge on any atom is -0.493 e. The van der Waals surface area contributed by atoms with Gasteiger partial charge >= 0.3 is 0 Å². The molecular weight excluding hydrogens is 314 g/mol. The van der Waals surface area contributed by atoms with Gasteiger partial charge in [-0.2, -0.15) is 0 Å². The molecule has 1 unspecified atom stereocenters. The zero-order chi connectivity index (χ0) is 17.9. The van der Waals surface area contributed by atoms with Gasteiger partial charge < -0.3 is 19.3 Å². The van der Waals surface area contributed by atoms with Crippen LogP contribution in [-0.4, -0.2) is 67.6 Å². The van der Waals surface area contributed by atoms with Crippen molar-refractivity contribution in [1.82, 2.24) is 9.80 Å². The third-order valence-corrected chi connectivity index (χ3v) is 4.49. The fraction of sp³-hybridized carbons (Fsp3) is 0.562. The molecule has 0 bridgehead atoms. The molecule has 0 aromatic heterocycles. The summed E-state index contributed by atoms with van der Waals surface area (Å²) in [7, 11) is 4.51. The maximum atomic E-state index is 12.8. The zero-order valence-corrected chi connectivity index (χ0v) is 14.4. The van der Waals surface area contributed by atoms with Gasteiger partial charge in [0, 0.05) is 32.2 Å². The number of hydrogen-bond acceptors (Lipinski definition) is 6. The number of rotatable bonds is 6. The lowest BCUT2D eigenvalue weighted by Crippen LogP contribution is -2.39. The molecule has 24 heavy (non-hydrogen) atoms. The summed E-state index contributed by atoms with van der Waals surface area (Å²) in [6, 6.07) is 2.65. The predicted octanol–water partition coefficient (Wildman–Crippen LogP) is 1.78. The van der Waals surface area contributed by atoms with Gasteiger partial charge in [0.25, 0.3) is 11.6 Å². The summed E-state index contributed by atoms with van der Waals surface area (Å²) in [6.07, 6.45) is 0.858. The molecule has 1 heterocycles. The van der Waals surface area contributed by atoms with E-state index in [9.17, 15) is 14.9 Å². The summed E-state index contributed by atoms with van der Waals surface area (Å²) in [5, 5.41) is 11.4. The van der Waals surface area contributed by atoms with Crippen molar-refractivity contribution in [2.75, 3.05) is 40.9 Å². The van der Waals surface area contributed by atoms with Crippen molar-refractivity contribution >= 4 is 11.6 Å². The van der Waals surface area contributed by atoms with Gasteiger partial charge in [-0.3, -0.25) is 14.9 Å². The van der Waals surface area contributed by atoms with Gasteiger partial charge in [0.05, 0.1) is 25.2 Å². The fourth-order valence-electron chi connectivity index (χ4n) is 2.96. The van der Waals surface area contributed by atoms with Gasteiger partial charge in [-0.25, -0.2) is 0 Å². The molecule has 1 aromatic carbocycles. The molecule has 0 aliphatic carbocycles. The molecule has 132 valence electrons. The number of hydrogen-bond donors (Lipinski definition) is 0. The number of benzene rings is 1. The Morgan fingerprint density at radius 3 is 2.50 bits per heavy atom. The summed E-state index contributed by atoms with van der Waals surface area (Å²) in [5.41, 5.74) is -0.273. The van der Waals surface area contributed by atoms with Crippen LogP contribution in [0.15, 0.2) is 12.1 Å². The van der Waals surface area contributed by atoms with Gasteiger partial charge in [0.15, 0.2) is 11.5 Å². The van der Waals surface area contributed by atoms with Gasteiger partial charge in [-0.1, -0.05) is 6.92 Å². The smallest absolute Gasteiger partial charge is 0.286 e. The molecule has 1 saturated heterocycles. The third kappa shape index (κ3) is 3.43. The molecule has 1 aliphatic rings. The highest BCUT2D eigenvalue weighted by Gasteiger charge is 2.32. The summed E-state index contributed by atoms with van der Waals surface area (Å²) < 4.78 is 10.3. The van der Waals surface area contributed by atoms with E-state index in [-0.39, 0.29) is 28.9 Å². The number of likely N-dealkylation sites (tertiary alicyclic amines) is 1. The van der Waals surface area contributed by atoms with E-state index >= 15 is 0 Å². The number of amides is 1. The number of nitro groups is 1. The Morgan fingerprint density at radius 1 is 1.38 bits per heavy atom. The van der Waals surface area contributed by atoms with Crippen LogP contribution in [0.25, 0.3) is 0 Å². The molecule has 1 atom stereocenters. The average molecular weight is 337 g/mol. The van der Waals surface area contributed by atoms with Crippen LogP contribution in [0.5, 0.6) is 11.5 Å². The second kappa shape index (κ2) is 7.48. The topological polar surface area (TPSA) is 85.2 Å². The molecule has 1 aliphatic heterocycles. The molecule has 0 radical (unpaired) electrons. The molecule has 0 saturated carbocycles. The molecule has 1 amide bonds. The Hall–Kier alpha value is -2.35. The molecule has 8 heteroatoms. The van der Waals surface area contributed by atoms with Crippen molar-refractivity contribution in [3.8, 4) is 11.5 Å². The zero-order valence-electron chi connectivity index (χ0n) is 14.4. The predicted molar refractivity (Wildman–Crippen MR) is 88.8 cm³/mol. The number of nitro benzene ring substituents is 1. The first-order valence-electron chi connectivity index (χ1n) is 7.82. The summed E-state index contributed by atoms with van der Waals surface area (Å²) in [4.78, 5) is 27.5. The van der Waals surface area contributed by atoms with E-state index in [4.69, 9.17) is 9.47 Å². The monoisotopic (exact) mass is 337 g/mol. The SMILES string of the molecule is CCN1CCC(N(C)C(=O)c2cc(OC)c(OC)cc2[N+](=O)[O-])C1. The normalized spacial score (nSPS) is 17.6. The van der Waals surface area contributed by atoms with Crippen LogP contribution in [0.4, 0.5) is 5.69 Å². The van der Waals surface area contributed by atoms with E-state index in [1.165, 1.54) is 26.4 Å². The Balaban J connectivity index is 2.35. The van der Waals surface area contributed by atoms with E-state index < -0.39 is 4.92 Å². The van der Waals surface area contributed by atoms with Crippen molar-refractivity contribution in [2.24, 2.45) is 0 Å². The molecule has 0 N–H and O–H groups in total. The fourth-order valence-corrected chi connectivity index (χ4v) is 2.96. The average Bonchev–Trinajstić information content (AvgIpc) is 3.08. The lowest BCUT2D eigenvalue weighted by Gasteiger charge is -2.25. The maximum absolute atomic E-state index is 12.8. The van der Waals surface area contributed by atoms with E-state index in [0.717, 1.165) is 26.1 Å².